The van der Waals surface area contributed by atoms with Gasteiger partial charge in [0.1, 0.15) is 0 Å². The lowest BCUT2D eigenvalue weighted by Gasteiger charge is -2.26. The lowest BCUT2D eigenvalue weighted by Crippen LogP contribution is -2.86. The SMILES string of the molecule is CC[C@@H]1CC(=O)N(CC2CC[NH2+]CC2)C1. The van der Waals surface area contributed by atoms with Crippen molar-refractivity contribution in [1.29, 1.82) is 0 Å². The second-order valence-corrected chi connectivity index (χ2v) is 5.09. The van der Waals surface area contributed by atoms with Crippen molar-refractivity contribution in [2.24, 2.45) is 11.8 Å². The summed E-state index contributed by atoms with van der Waals surface area (Å²) in [5.74, 6) is 1.80. The van der Waals surface area contributed by atoms with Crippen LogP contribution in [0.2, 0.25) is 0 Å². The van der Waals surface area contributed by atoms with Crippen LogP contribution in [0.4, 0.5) is 0 Å². The zero-order chi connectivity index (χ0) is 10.7. The summed E-state index contributed by atoms with van der Waals surface area (Å²) in [5.41, 5.74) is 0. The first-order chi connectivity index (χ1) is 7.29. The first kappa shape index (κ1) is 10.9. The smallest absolute Gasteiger partial charge is 0.222 e. The Bertz CT molecular complexity index is 224. The van der Waals surface area contributed by atoms with Crippen LogP contribution < -0.4 is 5.32 Å². The Morgan fingerprint density at radius 3 is 2.67 bits per heavy atom. The van der Waals surface area contributed by atoms with Crippen molar-refractivity contribution in [2.75, 3.05) is 26.2 Å². The highest BCUT2D eigenvalue weighted by molar-refractivity contribution is 5.78. The number of nitrogens with zero attached hydrogens (tertiary/aromatic N) is 1. The van der Waals surface area contributed by atoms with Crippen molar-refractivity contribution >= 4 is 5.91 Å². The van der Waals surface area contributed by atoms with Crippen LogP contribution in [0.15, 0.2) is 0 Å². The van der Waals surface area contributed by atoms with E-state index in [1.807, 2.05) is 0 Å². The molecule has 0 saturated carbocycles. The van der Waals surface area contributed by atoms with Crippen LogP contribution in [0, 0.1) is 11.8 Å². The fourth-order valence-electron chi connectivity index (χ4n) is 2.79. The maximum Gasteiger partial charge on any atom is 0.222 e. The molecule has 0 bridgehead atoms. The van der Waals surface area contributed by atoms with E-state index in [9.17, 15) is 4.79 Å². The van der Waals surface area contributed by atoms with Crippen molar-refractivity contribution in [3.05, 3.63) is 0 Å². The normalized spacial score (nSPS) is 28.7. The predicted molar refractivity (Wildman–Crippen MR) is 59.4 cm³/mol. The molecule has 86 valence electrons. The quantitative estimate of drug-likeness (QED) is 0.712. The lowest BCUT2D eigenvalue weighted by atomic mass is 9.97. The molecule has 2 N–H and O–H groups in total. The van der Waals surface area contributed by atoms with Gasteiger partial charge in [0, 0.05) is 32.4 Å². The number of hydrogen-bond acceptors (Lipinski definition) is 1. The van der Waals surface area contributed by atoms with Crippen molar-refractivity contribution in [1.82, 2.24) is 4.90 Å². The van der Waals surface area contributed by atoms with Crippen LogP contribution in [0.25, 0.3) is 0 Å². The highest BCUT2D eigenvalue weighted by Gasteiger charge is 2.30. The van der Waals surface area contributed by atoms with E-state index in [0.29, 0.717) is 11.8 Å². The average molecular weight is 211 g/mol. The number of carbonyl (C=O) groups excluding carboxylic acids is 1. The van der Waals surface area contributed by atoms with Crippen molar-refractivity contribution in [2.45, 2.75) is 32.6 Å². The van der Waals surface area contributed by atoms with Gasteiger partial charge in [-0.25, -0.2) is 0 Å². The highest BCUT2D eigenvalue weighted by Crippen LogP contribution is 2.23. The molecule has 1 atom stereocenters. The first-order valence-corrected chi connectivity index (χ1v) is 6.39. The fourth-order valence-corrected chi connectivity index (χ4v) is 2.79. The van der Waals surface area contributed by atoms with Crippen molar-refractivity contribution in [3.63, 3.8) is 0 Å². The molecule has 0 aromatic heterocycles. The van der Waals surface area contributed by atoms with E-state index in [0.717, 1.165) is 31.8 Å². The summed E-state index contributed by atoms with van der Waals surface area (Å²) in [6.45, 7) is 6.75. The largest absolute Gasteiger partial charge is 0.346 e. The first-order valence-electron chi connectivity index (χ1n) is 6.39. The average Bonchev–Trinajstić information content (AvgIpc) is 2.61. The maximum atomic E-state index is 11.7. The van der Waals surface area contributed by atoms with E-state index in [1.165, 1.54) is 25.9 Å². The Morgan fingerprint density at radius 2 is 2.07 bits per heavy atom. The Labute approximate surface area is 92.2 Å². The molecule has 2 fully saturated rings. The van der Waals surface area contributed by atoms with E-state index in [1.54, 1.807) is 0 Å². The summed E-state index contributed by atoms with van der Waals surface area (Å²) >= 11 is 0. The van der Waals surface area contributed by atoms with Crippen LogP contribution in [0.5, 0.6) is 0 Å². The predicted octanol–water partition coefficient (Wildman–Crippen LogP) is 0.218. The van der Waals surface area contributed by atoms with Gasteiger partial charge in [-0.3, -0.25) is 4.79 Å². The van der Waals surface area contributed by atoms with Gasteiger partial charge in [0.05, 0.1) is 13.1 Å². The van der Waals surface area contributed by atoms with Crippen molar-refractivity contribution in [3.8, 4) is 0 Å². The van der Waals surface area contributed by atoms with Crippen molar-refractivity contribution < 1.29 is 10.1 Å². The lowest BCUT2D eigenvalue weighted by molar-refractivity contribution is -0.664. The molecule has 0 aromatic rings. The van der Waals surface area contributed by atoms with Crippen LogP contribution in [-0.4, -0.2) is 37.0 Å². The molecule has 0 spiro atoms. The number of quaternary nitrogens is 1. The zero-order valence-electron chi connectivity index (χ0n) is 9.74. The molecule has 2 rings (SSSR count). The topological polar surface area (TPSA) is 36.9 Å². The zero-order valence-corrected chi connectivity index (χ0v) is 9.74. The van der Waals surface area contributed by atoms with Gasteiger partial charge in [-0.2, -0.15) is 0 Å². The third-order valence-corrected chi connectivity index (χ3v) is 3.91. The van der Waals surface area contributed by atoms with E-state index in [4.69, 9.17) is 0 Å². The Balaban J connectivity index is 1.81. The minimum absolute atomic E-state index is 0.399. The van der Waals surface area contributed by atoms with Gasteiger partial charge < -0.3 is 10.2 Å². The molecule has 0 aromatic carbocycles. The molecule has 2 aliphatic rings. The van der Waals surface area contributed by atoms with Gasteiger partial charge in [-0.15, -0.1) is 0 Å². The van der Waals surface area contributed by atoms with Gasteiger partial charge in [0.2, 0.25) is 5.91 Å². The highest BCUT2D eigenvalue weighted by atomic mass is 16.2. The van der Waals surface area contributed by atoms with E-state index >= 15 is 0 Å². The van der Waals surface area contributed by atoms with Gasteiger partial charge in [0.25, 0.3) is 0 Å². The number of amides is 1. The second kappa shape index (κ2) is 4.97. The molecule has 2 aliphatic heterocycles. The second-order valence-electron chi connectivity index (χ2n) is 5.09. The van der Waals surface area contributed by atoms with E-state index in [-0.39, 0.29) is 0 Å². The summed E-state index contributed by atoms with van der Waals surface area (Å²) in [7, 11) is 0. The van der Waals surface area contributed by atoms with Gasteiger partial charge in [-0.05, 0) is 11.8 Å². The molecule has 0 aliphatic carbocycles. The van der Waals surface area contributed by atoms with Crippen LogP contribution in [0.1, 0.15) is 32.6 Å². The molecule has 1 amide bonds. The minimum atomic E-state index is 0.399. The third-order valence-electron chi connectivity index (χ3n) is 3.91. The number of rotatable bonds is 3. The van der Waals surface area contributed by atoms with Gasteiger partial charge >= 0.3 is 0 Å². The molecular formula is C12H23N2O+. The summed E-state index contributed by atoms with van der Waals surface area (Å²) in [5, 5.41) is 2.39. The molecule has 2 saturated heterocycles. The Morgan fingerprint density at radius 1 is 1.33 bits per heavy atom. The van der Waals surface area contributed by atoms with Crippen LogP contribution in [-0.2, 0) is 4.79 Å². The van der Waals surface area contributed by atoms with Crippen LogP contribution in [0.3, 0.4) is 0 Å². The number of carbonyl (C=O) groups is 1. The maximum absolute atomic E-state index is 11.7. The minimum Gasteiger partial charge on any atom is -0.346 e. The van der Waals surface area contributed by atoms with E-state index < -0.39 is 0 Å². The molecular weight excluding hydrogens is 188 g/mol. The van der Waals surface area contributed by atoms with Gasteiger partial charge in [0.15, 0.2) is 0 Å². The Hall–Kier alpha value is -0.570. The molecule has 0 radical (unpaired) electrons. The number of nitrogens with two attached hydrogens (primary N) is 1. The number of piperidine rings is 1. The molecule has 3 heteroatoms. The molecule has 15 heavy (non-hydrogen) atoms. The molecule has 3 nitrogen and oxygen atoms in total. The summed E-state index contributed by atoms with van der Waals surface area (Å²) in [6.07, 6.45) is 4.54. The fraction of sp³-hybridized carbons (Fsp3) is 0.917. The van der Waals surface area contributed by atoms with Crippen LogP contribution >= 0.6 is 0 Å². The number of hydrogen-bond donors (Lipinski definition) is 1. The number of likely N-dealkylation sites (tertiary alicyclic amines) is 1. The summed E-state index contributed by atoms with van der Waals surface area (Å²) < 4.78 is 0. The molecule has 0 unspecified atom stereocenters. The summed E-state index contributed by atoms with van der Waals surface area (Å²) in [4.78, 5) is 13.9. The molecule has 2 heterocycles. The third kappa shape index (κ3) is 2.71. The summed E-state index contributed by atoms with van der Waals surface area (Å²) in [6, 6.07) is 0. The monoisotopic (exact) mass is 211 g/mol. The van der Waals surface area contributed by atoms with Gasteiger partial charge in [-0.1, -0.05) is 13.3 Å². The Kier molecular flexibility index (Phi) is 3.62. The van der Waals surface area contributed by atoms with E-state index in [2.05, 4.69) is 17.1 Å². The standard InChI is InChI=1S/C12H22N2O/c1-2-10-7-12(15)14(8-10)9-11-3-5-13-6-4-11/h10-11,13H,2-9H2,1H3/p+1/t10-/m1/s1.